The zero-order valence-electron chi connectivity index (χ0n) is 24.3. The van der Waals surface area contributed by atoms with Gasteiger partial charge >= 0.3 is 0 Å². The van der Waals surface area contributed by atoms with Crippen molar-refractivity contribution in [1.29, 1.82) is 0 Å². The predicted octanol–water partition coefficient (Wildman–Crippen LogP) is 7.61. The first kappa shape index (κ1) is 26.7. The number of amides is 1. The lowest BCUT2D eigenvalue weighted by Gasteiger charge is -2.53. The van der Waals surface area contributed by atoms with Crippen LogP contribution in [0.25, 0.3) is 11.1 Å². The highest BCUT2D eigenvalue weighted by Crippen LogP contribution is 2.58. The average Bonchev–Trinajstić information content (AvgIpc) is 3.76. The number of benzene rings is 1. The van der Waals surface area contributed by atoms with Gasteiger partial charge in [0.2, 0.25) is 17.7 Å². The van der Waals surface area contributed by atoms with Crippen LogP contribution in [0.15, 0.2) is 47.1 Å². The third-order valence-electron chi connectivity index (χ3n) is 10.5. The minimum absolute atomic E-state index is 0.0274. The van der Waals surface area contributed by atoms with Gasteiger partial charge in [0, 0.05) is 41.7 Å². The van der Waals surface area contributed by atoms with E-state index >= 15 is 0 Å². The minimum atomic E-state index is 0.0274. The molecule has 1 amide bonds. The number of carbonyl (C=O) groups excluding carboxylic acids is 1. The van der Waals surface area contributed by atoms with Crippen molar-refractivity contribution in [3.8, 4) is 17.0 Å². The van der Waals surface area contributed by atoms with Crippen molar-refractivity contribution in [2.24, 2.45) is 11.3 Å². The molecule has 3 aromatic rings. The lowest BCUT2D eigenvalue weighted by molar-refractivity contribution is -0.124. The van der Waals surface area contributed by atoms with Gasteiger partial charge in [-0.2, -0.15) is 4.98 Å². The van der Waals surface area contributed by atoms with Gasteiger partial charge < -0.3 is 14.2 Å². The Morgan fingerprint density at radius 1 is 0.976 bits per heavy atom. The van der Waals surface area contributed by atoms with Crippen LogP contribution >= 0.6 is 0 Å². The van der Waals surface area contributed by atoms with Crippen LogP contribution in [0.5, 0.6) is 5.88 Å². The second-order valence-electron chi connectivity index (χ2n) is 13.1. The van der Waals surface area contributed by atoms with Crippen LogP contribution in [0.1, 0.15) is 108 Å². The number of aromatic nitrogens is 3. The molecule has 0 radical (unpaired) electrons. The Bertz CT molecular complexity index is 1370. The second-order valence-corrected chi connectivity index (χ2v) is 13.1. The van der Waals surface area contributed by atoms with Gasteiger partial charge in [-0.15, -0.1) is 0 Å². The van der Waals surface area contributed by atoms with Crippen LogP contribution in [0.4, 0.5) is 5.69 Å². The van der Waals surface area contributed by atoms with Gasteiger partial charge in [0.1, 0.15) is 0 Å². The normalized spacial score (nSPS) is 26.2. The van der Waals surface area contributed by atoms with E-state index < -0.39 is 0 Å². The maximum Gasteiger partial charge on any atom is 0.232 e. The third-order valence-corrected chi connectivity index (χ3v) is 10.5. The number of pyridine rings is 1. The molecule has 0 saturated heterocycles. The van der Waals surface area contributed by atoms with E-state index in [9.17, 15) is 4.79 Å². The van der Waals surface area contributed by atoms with Crippen molar-refractivity contribution in [3.63, 3.8) is 0 Å². The van der Waals surface area contributed by atoms with Crippen molar-refractivity contribution >= 4 is 11.6 Å². The van der Waals surface area contributed by atoms with Crippen LogP contribution in [0.2, 0.25) is 0 Å². The number of ether oxygens (including phenoxy) is 1. The third kappa shape index (κ3) is 5.28. The van der Waals surface area contributed by atoms with Gasteiger partial charge in [-0.3, -0.25) is 4.79 Å². The second kappa shape index (κ2) is 10.9. The fraction of sp³-hybridized carbons (Fsp3) is 0.588. The Kier molecular flexibility index (Phi) is 7.08. The molecule has 5 aliphatic rings. The van der Waals surface area contributed by atoms with Gasteiger partial charge in [-0.05, 0) is 106 Å². The molecule has 41 heavy (non-hydrogen) atoms. The van der Waals surface area contributed by atoms with Crippen LogP contribution < -0.4 is 9.64 Å². The van der Waals surface area contributed by atoms with Gasteiger partial charge in [-0.1, -0.05) is 36.6 Å². The van der Waals surface area contributed by atoms with E-state index in [0.29, 0.717) is 24.3 Å². The summed E-state index contributed by atoms with van der Waals surface area (Å²) in [6, 6.07) is 12.5. The van der Waals surface area contributed by atoms with Gasteiger partial charge in [-0.25, -0.2) is 4.98 Å². The Morgan fingerprint density at radius 3 is 2.46 bits per heavy atom. The Morgan fingerprint density at radius 2 is 1.73 bits per heavy atom. The summed E-state index contributed by atoms with van der Waals surface area (Å²) in [5.41, 5.74) is 3.31. The van der Waals surface area contributed by atoms with E-state index in [0.717, 1.165) is 99.3 Å². The quantitative estimate of drug-likeness (QED) is 0.271. The summed E-state index contributed by atoms with van der Waals surface area (Å²) in [4.78, 5) is 25.6. The SMILES string of the molecule is CCOc1cc(-c2cccc(N(CC34CCC(c5nc(C6CC6)no5)(CC3)CC4)C(=O)C3CCCCC3)c2)ccn1. The summed E-state index contributed by atoms with van der Waals surface area (Å²) in [7, 11) is 0. The van der Waals surface area contributed by atoms with E-state index in [1.807, 2.05) is 19.1 Å². The smallest absolute Gasteiger partial charge is 0.232 e. The fourth-order valence-corrected chi connectivity index (χ4v) is 7.65. The molecule has 5 saturated carbocycles. The average molecular weight is 555 g/mol. The molecule has 1 aromatic carbocycles. The van der Waals surface area contributed by atoms with Crippen LogP contribution in [-0.4, -0.2) is 34.2 Å². The zero-order chi connectivity index (χ0) is 27.9. The molecule has 2 aromatic heterocycles. The number of carbonyl (C=O) groups is 1. The summed E-state index contributed by atoms with van der Waals surface area (Å²) >= 11 is 0. The number of hydrogen-bond acceptors (Lipinski definition) is 6. The summed E-state index contributed by atoms with van der Waals surface area (Å²) in [5.74, 6) is 3.38. The summed E-state index contributed by atoms with van der Waals surface area (Å²) < 4.78 is 11.5. The monoisotopic (exact) mass is 554 g/mol. The number of rotatable bonds is 9. The van der Waals surface area contributed by atoms with E-state index in [1.54, 1.807) is 6.20 Å². The number of fused-ring (bicyclic) bond motifs is 3. The van der Waals surface area contributed by atoms with E-state index in [4.69, 9.17) is 14.2 Å². The summed E-state index contributed by atoms with van der Waals surface area (Å²) in [6.45, 7) is 3.34. The molecule has 5 fully saturated rings. The van der Waals surface area contributed by atoms with E-state index in [1.165, 1.54) is 19.3 Å². The highest BCUT2D eigenvalue weighted by Gasteiger charge is 2.53. The first-order valence-electron chi connectivity index (χ1n) is 15.9. The molecular formula is C34H42N4O3. The maximum absolute atomic E-state index is 14.3. The number of nitrogens with zero attached hydrogens (tertiary/aromatic N) is 4. The first-order chi connectivity index (χ1) is 20.1. The van der Waals surface area contributed by atoms with Gasteiger partial charge in [0.05, 0.1) is 6.61 Å². The molecule has 0 N–H and O–H groups in total. The molecule has 0 spiro atoms. The van der Waals surface area contributed by atoms with E-state index in [-0.39, 0.29) is 16.7 Å². The van der Waals surface area contributed by atoms with Crippen LogP contribution in [0, 0.1) is 11.3 Å². The minimum Gasteiger partial charge on any atom is -0.478 e. The van der Waals surface area contributed by atoms with Crippen molar-refractivity contribution < 1.29 is 14.1 Å². The molecule has 2 heterocycles. The first-order valence-corrected chi connectivity index (χ1v) is 15.9. The van der Waals surface area contributed by atoms with Crippen molar-refractivity contribution in [2.75, 3.05) is 18.1 Å². The molecule has 7 nitrogen and oxygen atoms in total. The van der Waals surface area contributed by atoms with Crippen molar-refractivity contribution in [2.45, 2.75) is 102 Å². The lowest BCUT2D eigenvalue weighted by Crippen LogP contribution is -2.51. The topological polar surface area (TPSA) is 81.4 Å². The number of hydrogen-bond donors (Lipinski definition) is 0. The largest absolute Gasteiger partial charge is 0.478 e. The van der Waals surface area contributed by atoms with E-state index in [2.05, 4.69) is 39.3 Å². The van der Waals surface area contributed by atoms with Crippen molar-refractivity contribution in [3.05, 3.63) is 54.3 Å². The molecule has 2 bridgehead atoms. The summed E-state index contributed by atoms with van der Waals surface area (Å²) in [6.07, 6.45) is 16.3. The van der Waals surface area contributed by atoms with Crippen LogP contribution in [0.3, 0.4) is 0 Å². The molecule has 0 unspecified atom stereocenters. The molecule has 216 valence electrons. The maximum atomic E-state index is 14.3. The molecular weight excluding hydrogens is 512 g/mol. The molecule has 5 aliphatic carbocycles. The molecule has 0 atom stereocenters. The number of anilines is 1. The van der Waals surface area contributed by atoms with Crippen molar-refractivity contribution in [1.82, 2.24) is 15.1 Å². The Labute approximate surface area is 243 Å². The van der Waals surface area contributed by atoms with Gasteiger partial charge in [0.15, 0.2) is 5.82 Å². The Hall–Kier alpha value is -3.22. The summed E-state index contributed by atoms with van der Waals surface area (Å²) in [5, 5.41) is 4.34. The zero-order valence-corrected chi connectivity index (χ0v) is 24.3. The highest BCUT2D eigenvalue weighted by atomic mass is 16.5. The predicted molar refractivity (Wildman–Crippen MR) is 158 cm³/mol. The lowest BCUT2D eigenvalue weighted by atomic mass is 9.53. The molecule has 0 aliphatic heterocycles. The fourth-order valence-electron chi connectivity index (χ4n) is 7.65. The molecule has 8 rings (SSSR count). The molecule has 7 heteroatoms. The van der Waals surface area contributed by atoms with Crippen LogP contribution in [-0.2, 0) is 10.2 Å². The standard InChI is InChI=1S/C34H42N4O3/c1-2-40-29-22-27(13-20-35-29)26-9-6-10-28(21-26)38(31(39)25-7-4-3-5-8-25)23-33-14-17-34(18-15-33,19-16-33)32-36-30(37-41-32)24-11-12-24/h6,9-10,13,20-22,24-25H,2-5,7-8,11-12,14-19,23H2,1H3. The highest BCUT2D eigenvalue weighted by molar-refractivity contribution is 5.96. The Balaban J connectivity index is 1.15. The van der Waals surface area contributed by atoms with Gasteiger partial charge in [0.25, 0.3) is 0 Å².